The normalized spacial score (nSPS) is 23.7. The molecular formula is C14H24ClN3S. The highest BCUT2D eigenvalue weighted by Gasteiger charge is 2.29. The van der Waals surface area contributed by atoms with Crippen molar-refractivity contribution < 1.29 is 0 Å². The summed E-state index contributed by atoms with van der Waals surface area (Å²) in [6.45, 7) is 7.98. The van der Waals surface area contributed by atoms with Crippen molar-refractivity contribution in [2.75, 3.05) is 26.7 Å². The van der Waals surface area contributed by atoms with E-state index < -0.39 is 0 Å². The largest absolute Gasteiger partial charge is 0.301 e. The first-order valence-electron chi connectivity index (χ1n) is 7.14. The quantitative estimate of drug-likeness (QED) is 0.778. The number of rotatable bonds is 5. The Morgan fingerprint density at radius 1 is 1.47 bits per heavy atom. The highest BCUT2D eigenvalue weighted by atomic mass is 35.5. The number of piperazine rings is 1. The van der Waals surface area contributed by atoms with Gasteiger partial charge in [-0.25, -0.2) is 4.98 Å². The van der Waals surface area contributed by atoms with Crippen LogP contribution in [-0.4, -0.2) is 47.5 Å². The maximum absolute atomic E-state index is 5.86. The second-order valence-electron chi connectivity index (χ2n) is 5.27. The molecule has 5 heteroatoms. The fourth-order valence-corrected chi connectivity index (χ4v) is 4.08. The van der Waals surface area contributed by atoms with Gasteiger partial charge in [0.1, 0.15) is 5.01 Å². The third-order valence-corrected chi connectivity index (χ3v) is 5.37. The van der Waals surface area contributed by atoms with Crippen LogP contribution in [0.15, 0.2) is 5.38 Å². The van der Waals surface area contributed by atoms with Gasteiger partial charge in [0.15, 0.2) is 0 Å². The van der Waals surface area contributed by atoms with Crippen LogP contribution in [0.5, 0.6) is 0 Å². The maximum atomic E-state index is 5.86. The van der Waals surface area contributed by atoms with Gasteiger partial charge in [0.05, 0.1) is 17.6 Å². The Morgan fingerprint density at radius 2 is 2.26 bits per heavy atom. The number of likely N-dealkylation sites (N-methyl/N-ethyl adjacent to an activating group) is 1. The molecule has 108 valence electrons. The van der Waals surface area contributed by atoms with Gasteiger partial charge >= 0.3 is 0 Å². The van der Waals surface area contributed by atoms with E-state index in [2.05, 4.69) is 41.1 Å². The Balaban J connectivity index is 2.09. The summed E-state index contributed by atoms with van der Waals surface area (Å²) in [7, 11) is 2.24. The topological polar surface area (TPSA) is 19.4 Å². The van der Waals surface area contributed by atoms with Crippen molar-refractivity contribution in [3.63, 3.8) is 0 Å². The van der Waals surface area contributed by atoms with Crippen LogP contribution in [0.4, 0.5) is 0 Å². The van der Waals surface area contributed by atoms with E-state index in [4.69, 9.17) is 11.6 Å². The molecule has 1 saturated heterocycles. The second kappa shape index (κ2) is 7.02. The minimum Gasteiger partial charge on any atom is -0.301 e. The number of nitrogens with zero attached hydrogens (tertiary/aromatic N) is 3. The molecule has 0 aliphatic carbocycles. The van der Waals surface area contributed by atoms with Gasteiger partial charge in [-0.05, 0) is 19.9 Å². The maximum Gasteiger partial charge on any atom is 0.110 e. The zero-order valence-corrected chi connectivity index (χ0v) is 13.7. The molecule has 0 N–H and O–H groups in total. The first-order chi connectivity index (χ1) is 9.19. The predicted molar refractivity (Wildman–Crippen MR) is 83.0 cm³/mol. The van der Waals surface area contributed by atoms with E-state index in [-0.39, 0.29) is 0 Å². The lowest BCUT2D eigenvalue weighted by atomic mass is 10.1. The van der Waals surface area contributed by atoms with Crippen LogP contribution < -0.4 is 0 Å². The van der Waals surface area contributed by atoms with Gasteiger partial charge in [0, 0.05) is 31.1 Å². The van der Waals surface area contributed by atoms with E-state index in [1.54, 1.807) is 11.3 Å². The van der Waals surface area contributed by atoms with Crippen LogP contribution in [-0.2, 0) is 5.88 Å². The molecule has 2 rings (SSSR count). The predicted octanol–water partition coefficient (Wildman–Crippen LogP) is 3.36. The minimum absolute atomic E-state index is 0.463. The third-order valence-electron chi connectivity index (χ3n) is 4.10. The van der Waals surface area contributed by atoms with Crippen LogP contribution in [0.25, 0.3) is 0 Å². The van der Waals surface area contributed by atoms with E-state index in [9.17, 15) is 0 Å². The van der Waals surface area contributed by atoms with Crippen molar-refractivity contribution in [3.05, 3.63) is 16.1 Å². The number of hydrogen-bond acceptors (Lipinski definition) is 4. The van der Waals surface area contributed by atoms with Gasteiger partial charge in [0.2, 0.25) is 0 Å². The first-order valence-corrected chi connectivity index (χ1v) is 8.55. The molecule has 0 bridgehead atoms. The number of aromatic nitrogens is 1. The molecule has 1 aliphatic rings. The number of halogens is 1. The van der Waals surface area contributed by atoms with Crippen molar-refractivity contribution in [2.24, 2.45) is 0 Å². The smallest absolute Gasteiger partial charge is 0.110 e. The zero-order valence-electron chi connectivity index (χ0n) is 12.1. The van der Waals surface area contributed by atoms with Crippen molar-refractivity contribution in [1.29, 1.82) is 0 Å². The molecule has 1 fully saturated rings. The average molecular weight is 302 g/mol. The van der Waals surface area contributed by atoms with Gasteiger partial charge in [-0.3, -0.25) is 4.90 Å². The number of hydrogen-bond donors (Lipinski definition) is 0. The standard InChI is InChI=1S/C14H24ClN3S/c1-4-12-9-18(7-6-17(12)3)13(5-2)14-16-11(8-15)10-19-14/h10,12-13H,4-9H2,1-3H3. The fourth-order valence-electron chi connectivity index (χ4n) is 2.82. The molecule has 0 aromatic carbocycles. The molecule has 2 unspecified atom stereocenters. The Hall–Kier alpha value is -0.160. The number of thiazole rings is 1. The van der Waals surface area contributed by atoms with Crippen LogP contribution in [0, 0.1) is 0 Å². The fraction of sp³-hybridized carbons (Fsp3) is 0.786. The third kappa shape index (κ3) is 3.48. The van der Waals surface area contributed by atoms with Crippen molar-refractivity contribution in [2.45, 2.75) is 44.7 Å². The van der Waals surface area contributed by atoms with Gasteiger partial charge in [0.25, 0.3) is 0 Å². The molecule has 1 aromatic heterocycles. The molecule has 0 radical (unpaired) electrons. The van der Waals surface area contributed by atoms with Crippen molar-refractivity contribution in [1.82, 2.24) is 14.8 Å². The number of alkyl halides is 1. The van der Waals surface area contributed by atoms with Crippen molar-refractivity contribution in [3.8, 4) is 0 Å². The van der Waals surface area contributed by atoms with E-state index in [1.807, 2.05) is 0 Å². The Morgan fingerprint density at radius 3 is 2.84 bits per heavy atom. The van der Waals surface area contributed by atoms with Crippen LogP contribution in [0.1, 0.15) is 43.4 Å². The second-order valence-corrected chi connectivity index (χ2v) is 6.43. The lowest BCUT2D eigenvalue weighted by Gasteiger charge is -2.42. The Labute approximate surface area is 125 Å². The van der Waals surface area contributed by atoms with E-state index in [0.717, 1.165) is 31.7 Å². The van der Waals surface area contributed by atoms with Crippen molar-refractivity contribution >= 4 is 22.9 Å². The molecule has 0 saturated carbocycles. The molecule has 3 nitrogen and oxygen atoms in total. The van der Waals surface area contributed by atoms with Crippen LogP contribution in [0.3, 0.4) is 0 Å². The lowest BCUT2D eigenvalue weighted by Crippen LogP contribution is -2.51. The summed E-state index contributed by atoms with van der Waals surface area (Å²) in [6.07, 6.45) is 2.34. The summed E-state index contributed by atoms with van der Waals surface area (Å²) < 4.78 is 0. The van der Waals surface area contributed by atoms with Crippen LogP contribution >= 0.6 is 22.9 Å². The Kier molecular flexibility index (Phi) is 5.63. The summed E-state index contributed by atoms with van der Waals surface area (Å²) in [4.78, 5) is 9.76. The molecule has 1 aromatic rings. The zero-order chi connectivity index (χ0) is 13.8. The summed E-state index contributed by atoms with van der Waals surface area (Å²) in [6, 6.07) is 1.14. The molecule has 0 amide bonds. The summed E-state index contributed by atoms with van der Waals surface area (Å²) in [5.74, 6) is 0.521. The molecule has 0 spiro atoms. The summed E-state index contributed by atoms with van der Waals surface area (Å²) in [5.41, 5.74) is 1.02. The van der Waals surface area contributed by atoms with Crippen LogP contribution in [0.2, 0.25) is 0 Å². The molecular weight excluding hydrogens is 278 g/mol. The highest BCUT2D eigenvalue weighted by molar-refractivity contribution is 7.09. The Bertz CT molecular complexity index is 396. The first kappa shape index (κ1) is 15.2. The van der Waals surface area contributed by atoms with Gasteiger partial charge in [-0.1, -0.05) is 13.8 Å². The highest BCUT2D eigenvalue weighted by Crippen LogP contribution is 2.29. The molecule has 1 aliphatic heterocycles. The summed E-state index contributed by atoms with van der Waals surface area (Å²) >= 11 is 7.62. The van der Waals surface area contributed by atoms with E-state index in [0.29, 0.717) is 18.0 Å². The minimum atomic E-state index is 0.463. The van der Waals surface area contributed by atoms with E-state index >= 15 is 0 Å². The molecule has 19 heavy (non-hydrogen) atoms. The average Bonchev–Trinajstić information content (AvgIpc) is 2.90. The van der Waals surface area contributed by atoms with Gasteiger partial charge in [-0.2, -0.15) is 0 Å². The van der Waals surface area contributed by atoms with Gasteiger partial charge < -0.3 is 4.90 Å². The SMILES string of the molecule is CCC1CN(C(CC)c2nc(CCl)cs2)CCN1C. The molecule has 2 heterocycles. The monoisotopic (exact) mass is 301 g/mol. The molecule has 2 atom stereocenters. The summed E-state index contributed by atoms with van der Waals surface area (Å²) in [5, 5.41) is 3.33. The van der Waals surface area contributed by atoms with Gasteiger partial charge in [-0.15, -0.1) is 22.9 Å². The lowest BCUT2D eigenvalue weighted by molar-refractivity contribution is 0.0604. The van der Waals surface area contributed by atoms with E-state index in [1.165, 1.54) is 11.4 Å².